The molecule has 2 aromatic carbocycles. The Hall–Kier alpha value is -3.52. The lowest BCUT2D eigenvalue weighted by atomic mass is 9.72. The summed E-state index contributed by atoms with van der Waals surface area (Å²) in [7, 11) is -2.15. The summed E-state index contributed by atoms with van der Waals surface area (Å²) in [6.45, 7) is 19.8. The van der Waals surface area contributed by atoms with Gasteiger partial charge in [-0.25, -0.2) is 14.2 Å². The van der Waals surface area contributed by atoms with Crippen LogP contribution in [0.3, 0.4) is 0 Å². The number of hydrogen-bond donors (Lipinski definition) is 0. The SMILES string of the molecule is CC(C)[Si](OC1=C[C@@H]2[C@H](C1)C[C@@H]1c3c(c4ccccc4n3C(=O)OC(C)(C)C)C[C@H]2N1C(=O)OCc1ccccc1)(C(C)C)C(C)C. The van der Waals surface area contributed by atoms with Crippen LogP contribution in [0.5, 0.6) is 0 Å². The second kappa shape index (κ2) is 12.5. The first-order chi connectivity index (χ1) is 22.2. The van der Waals surface area contributed by atoms with Gasteiger partial charge in [-0.05, 0) is 79.4 Å². The fraction of sp³-hybridized carbons (Fsp3) is 0.538. The Balaban J connectivity index is 1.43. The van der Waals surface area contributed by atoms with Crippen LogP contribution in [0.2, 0.25) is 16.6 Å². The van der Waals surface area contributed by atoms with Gasteiger partial charge in [0.1, 0.15) is 12.2 Å². The van der Waals surface area contributed by atoms with Crippen molar-refractivity contribution >= 4 is 31.4 Å². The molecule has 3 heterocycles. The Bertz CT molecular complexity index is 1650. The molecule has 1 aromatic heterocycles. The number of nitrogens with zero attached hydrogens (tertiary/aromatic N) is 2. The predicted octanol–water partition coefficient (Wildman–Crippen LogP) is 10.1. The van der Waals surface area contributed by atoms with Gasteiger partial charge in [0.05, 0.1) is 23.0 Å². The molecular formula is C39H52N2O5Si. The average molecular weight is 657 g/mol. The van der Waals surface area contributed by atoms with Crippen LogP contribution in [-0.4, -0.2) is 41.6 Å². The Kier molecular flexibility index (Phi) is 8.87. The number of ether oxygens (including phenoxy) is 2. The normalized spacial score (nSPS) is 22.4. The Labute approximate surface area is 281 Å². The van der Waals surface area contributed by atoms with Crippen molar-refractivity contribution in [2.24, 2.45) is 11.8 Å². The van der Waals surface area contributed by atoms with Gasteiger partial charge in [0, 0.05) is 23.8 Å². The van der Waals surface area contributed by atoms with E-state index in [1.807, 2.05) is 74.2 Å². The van der Waals surface area contributed by atoms with E-state index < -0.39 is 20.0 Å². The number of amides is 1. The minimum Gasteiger partial charge on any atom is -0.546 e. The van der Waals surface area contributed by atoms with Crippen molar-refractivity contribution in [3.63, 3.8) is 0 Å². The quantitative estimate of drug-likeness (QED) is 0.237. The van der Waals surface area contributed by atoms with Gasteiger partial charge in [0.15, 0.2) is 0 Å². The van der Waals surface area contributed by atoms with Crippen LogP contribution < -0.4 is 0 Å². The Morgan fingerprint density at radius 1 is 0.872 bits per heavy atom. The lowest BCUT2D eigenvalue weighted by Gasteiger charge is -2.50. The predicted molar refractivity (Wildman–Crippen MR) is 189 cm³/mol. The molecule has 3 aromatic rings. The molecule has 252 valence electrons. The van der Waals surface area contributed by atoms with Gasteiger partial charge in [-0.15, -0.1) is 0 Å². The summed E-state index contributed by atoms with van der Waals surface area (Å²) in [4.78, 5) is 30.1. The second-order valence-electron chi connectivity index (χ2n) is 15.8. The summed E-state index contributed by atoms with van der Waals surface area (Å²) >= 11 is 0. The number of carbonyl (C=O) groups excluding carboxylic acids is 2. The zero-order valence-corrected chi connectivity index (χ0v) is 30.6. The molecule has 0 N–H and O–H groups in total. The minimum atomic E-state index is -2.15. The lowest BCUT2D eigenvalue weighted by Crippen LogP contribution is -2.56. The second-order valence-corrected chi connectivity index (χ2v) is 21.1. The fourth-order valence-corrected chi connectivity index (χ4v) is 14.4. The number of rotatable bonds is 7. The van der Waals surface area contributed by atoms with Gasteiger partial charge in [-0.3, -0.25) is 4.90 Å². The molecule has 1 amide bonds. The zero-order valence-electron chi connectivity index (χ0n) is 29.6. The van der Waals surface area contributed by atoms with Gasteiger partial charge in [0.25, 0.3) is 8.32 Å². The summed E-state index contributed by atoms with van der Waals surface area (Å²) in [5.41, 5.74) is 4.50. The highest BCUT2D eigenvalue weighted by molar-refractivity contribution is 6.77. The molecule has 0 radical (unpaired) electrons. The molecule has 2 bridgehead atoms. The van der Waals surface area contributed by atoms with Crippen molar-refractivity contribution in [3.8, 4) is 0 Å². The maximum absolute atomic E-state index is 14.2. The van der Waals surface area contributed by atoms with Gasteiger partial charge >= 0.3 is 12.2 Å². The van der Waals surface area contributed by atoms with Crippen molar-refractivity contribution in [1.82, 2.24) is 9.47 Å². The number of allylic oxidation sites excluding steroid dienone is 1. The molecular weight excluding hydrogens is 605 g/mol. The zero-order chi connectivity index (χ0) is 33.8. The fourth-order valence-electron chi connectivity index (χ4n) is 9.09. The number of hydrogen-bond acceptors (Lipinski definition) is 5. The van der Waals surface area contributed by atoms with Crippen LogP contribution in [0.25, 0.3) is 10.9 Å². The van der Waals surface area contributed by atoms with Crippen LogP contribution in [-0.2, 0) is 26.9 Å². The monoisotopic (exact) mass is 656 g/mol. The van der Waals surface area contributed by atoms with Crippen molar-refractivity contribution in [3.05, 3.63) is 83.3 Å². The molecule has 1 aliphatic carbocycles. The van der Waals surface area contributed by atoms with Crippen molar-refractivity contribution < 1.29 is 23.5 Å². The van der Waals surface area contributed by atoms with E-state index in [-0.39, 0.29) is 30.7 Å². The van der Waals surface area contributed by atoms with Crippen LogP contribution in [0.1, 0.15) is 98.0 Å². The summed E-state index contributed by atoms with van der Waals surface area (Å²) in [5, 5.41) is 1.04. The number of benzene rings is 2. The molecule has 7 nitrogen and oxygen atoms in total. The molecule has 47 heavy (non-hydrogen) atoms. The molecule has 0 unspecified atom stereocenters. The molecule has 0 spiro atoms. The summed E-state index contributed by atoms with van der Waals surface area (Å²) < 4.78 is 21.0. The highest BCUT2D eigenvalue weighted by Gasteiger charge is 2.55. The maximum atomic E-state index is 14.2. The molecule has 4 atom stereocenters. The van der Waals surface area contributed by atoms with Crippen LogP contribution >= 0.6 is 0 Å². The first-order valence-corrected chi connectivity index (χ1v) is 19.6. The van der Waals surface area contributed by atoms with Crippen LogP contribution in [0.4, 0.5) is 9.59 Å². The van der Waals surface area contributed by atoms with E-state index in [9.17, 15) is 9.59 Å². The largest absolute Gasteiger partial charge is 0.546 e. The standard InChI is InChI=1S/C39H52N2O5Si/c1-24(2)47(25(3)4,26(5)6)46-29-19-28-20-35-36-32(30-17-13-14-18-33(30)41(36)38(43)45-39(7,8)9)22-34(31(28)21-29)40(35)37(42)44-23-27-15-11-10-12-16-27/h10-18,21,24-26,28,31,34-35H,19-20,22-23H2,1-9H3/t28-,31-,34-,35-/m1/s1. The van der Waals surface area contributed by atoms with Gasteiger partial charge < -0.3 is 13.9 Å². The van der Waals surface area contributed by atoms with E-state index in [0.717, 1.165) is 46.3 Å². The van der Waals surface area contributed by atoms with Crippen molar-refractivity contribution in [2.45, 2.75) is 122 Å². The van der Waals surface area contributed by atoms with Crippen molar-refractivity contribution in [2.75, 3.05) is 0 Å². The van der Waals surface area contributed by atoms with Crippen LogP contribution in [0.15, 0.2) is 66.4 Å². The van der Waals surface area contributed by atoms with Crippen LogP contribution in [0, 0.1) is 11.8 Å². The molecule has 1 fully saturated rings. The van der Waals surface area contributed by atoms with E-state index in [4.69, 9.17) is 13.9 Å². The molecule has 3 aliphatic rings. The van der Waals surface area contributed by atoms with Gasteiger partial charge in [0.2, 0.25) is 0 Å². The number of piperidine rings is 1. The molecule has 1 saturated heterocycles. The summed E-state index contributed by atoms with van der Waals surface area (Å²) in [6.07, 6.45) is 3.81. The average Bonchev–Trinajstić information content (AvgIpc) is 3.56. The van der Waals surface area contributed by atoms with E-state index in [0.29, 0.717) is 29.0 Å². The number of fused-ring (bicyclic) bond motifs is 8. The third-order valence-electron chi connectivity index (χ3n) is 10.8. The number of para-hydroxylation sites is 1. The first-order valence-electron chi connectivity index (χ1n) is 17.5. The Morgan fingerprint density at radius 3 is 2.15 bits per heavy atom. The summed E-state index contributed by atoms with van der Waals surface area (Å²) in [6, 6.07) is 17.4. The summed E-state index contributed by atoms with van der Waals surface area (Å²) in [5.74, 6) is 1.53. The highest BCUT2D eigenvalue weighted by Crippen LogP contribution is 2.55. The van der Waals surface area contributed by atoms with E-state index in [2.05, 4.69) is 53.7 Å². The minimum absolute atomic E-state index is 0.110. The molecule has 0 saturated carbocycles. The van der Waals surface area contributed by atoms with E-state index >= 15 is 0 Å². The molecule has 8 heteroatoms. The number of aromatic nitrogens is 1. The maximum Gasteiger partial charge on any atom is 0.419 e. The smallest absolute Gasteiger partial charge is 0.419 e. The topological polar surface area (TPSA) is 70.0 Å². The Morgan fingerprint density at radius 2 is 1.51 bits per heavy atom. The van der Waals surface area contributed by atoms with Gasteiger partial charge in [-0.1, -0.05) is 90.1 Å². The third-order valence-corrected chi connectivity index (χ3v) is 16.8. The molecule has 2 aliphatic heterocycles. The highest BCUT2D eigenvalue weighted by atomic mass is 28.4. The van der Waals surface area contributed by atoms with E-state index in [1.54, 1.807) is 4.57 Å². The molecule has 6 rings (SSSR count). The van der Waals surface area contributed by atoms with Gasteiger partial charge in [-0.2, -0.15) is 0 Å². The first kappa shape index (κ1) is 33.4. The number of carbonyl (C=O) groups is 2. The lowest BCUT2D eigenvalue weighted by molar-refractivity contribution is -0.00147. The third kappa shape index (κ3) is 5.91. The van der Waals surface area contributed by atoms with Crippen molar-refractivity contribution in [1.29, 1.82) is 0 Å². The van der Waals surface area contributed by atoms with E-state index in [1.165, 1.54) is 0 Å².